The molecule has 1 heterocycles. The first-order valence-electron chi connectivity index (χ1n) is 6.48. The van der Waals surface area contributed by atoms with Crippen LogP contribution in [0.1, 0.15) is 25.5 Å². The summed E-state index contributed by atoms with van der Waals surface area (Å²) >= 11 is 0. The molecule has 0 unspecified atom stereocenters. The largest absolute Gasteiger partial charge is 0.383 e. The molecule has 0 aromatic carbocycles. The van der Waals surface area contributed by atoms with E-state index in [2.05, 4.69) is 17.2 Å². The van der Waals surface area contributed by atoms with Gasteiger partial charge in [-0.1, -0.05) is 13.3 Å². The zero-order chi connectivity index (χ0) is 14.1. The average molecular weight is 267 g/mol. The normalized spacial score (nSPS) is 10.4. The third-order valence-electron chi connectivity index (χ3n) is 2.66. The summed E-state index contributed by atoms with van der Waals surface area (Å²) in [5.41, 5.74) is 0.589. The highest BCUT2D eigenvalue weighted by molar-refractivity contribution is 5.75. The summed E-state index contributed by atoms with van der Waals surface area (Å²) in [6, 6.07) is 1.50. The predicted molar refractivity (Wildman–Crippen MR) is 72.0 cm³/mol. The topological polar surface area (TPSA) is 73.2 Å². The number of nitrogens with one attached hydrogen (secondary N) is 1. The Morgan fingerprint density at radius 2 is 2.32 bits per heavy atom. The maximum atomic E-state index is 11.8. The number of nitrogens with zero attached hydrogens (tertiary/aromatic N) is 2. The van der Waals surface area contributed by atoms with Crippen LogP contribution in [0, 0.1) is 0 Å². The number of unbranched alkanes of at least 4 members (excludes halogenated alkanes) is 1. The van der Waals surface area contributed by atoms with Crippen LogP contribution in [0.2, 0.25) is 0 Å². The first-order valence-corrected chi connectivity index (χ1v) is 6.48. The molecule has 0 fully saturated rings. The summed E-state index contributed by atoms with van der Waals surface area (Å²) in [6.07, 6.45) is 4.30. The van der Waals surface area contributed by atoms with Gasteiger partial charge in [-0.2, -0.15) is 0 Å². The molecule has 0 bridgehead atoms. The fraction of sp³-hybridized carbons (Fsp3) is 0.615. The van der Waals surface area contributed by atoms with E-state index in [4.69, 9.17) is 4.74 Å². The van der Waals surface area contributed by atoms with E-state index in [0.29, 0.717) is 13.2 Å². The number of aromatic nitrogens is 2. The Morgan fingerprint density at radius 3 is 2.95 bits per heavy atom. The number of rotatable bonds is 8. The Bertz CT molecular complexity index is 457. The highest BCUT2D eigenvalue weighted by atomic mass is 16.5. The van der Waals surface area contributed by atoms with Crippen molar-refractivity contribution >= 4 is 5.91 Å². The van der Waals surface area contributed by atoms with Crippen LogP contribution in [0.3, 0.4) is 0 Å². The summed E-state index contributed by atoms with van der Waals surface area (Å²) in [5.74, 6) is -0.220. The predicted octanol–water partition coefficient (Wildman–Crippen LogP) is 0.349. The second-order valence-electron chi connectivity index (χ2n) is 4.29. The van der Waals surface area contributed by atoms with Crippen LogP contribution >= 0.6 is 0 Å². The minimum absolute atomic E-state index is 0.0103. The van der Waals surface area contributed by atoms with Crippen molar-refractivity contribution in [2.24, 2.45) is 0 Å². The Kier molecular flexibility index (Phi) is 6.81. The molecule has 0 atom stereocenters. The van der Waals surface area contributed by atoms with Crippen LogP contribution in [0.15, 0.2) is 17.2 Å². The van der Waals surface area contributed by atoms with Gasteiger partial charge in [0.1, 0.15) is 6.54 Å². The quantitative estimate of drug-likeness (QED) is 0.690. The summed E-state index contributed by atoms with van der Waals surface area (Å²) in [4.78, 5) is 27.5. The maximum absolute atomic E-state index is 11.8. The third-order valence-corrected chi connectivity index (χ3v) is 2.66. The highest BCUT2D eigenvalue weighted by Crippen LogP contribution is 1.98. The van der Waals surface area contributed by atoms with E-state index < -0.39 is 0 Å². The van der Waals surface area contributed by atoms with Crippen LogP contribution in [0.25, 0.3) is 0 Å². The lowest BCUT2D eigenvalue weighted by molar-refractivity contribution is -0.121. The van der Waals surface area contributed by atoms with Crippen molar-refractivity contribution in [3.05, 3.63) is 28.4 Å². The molecule has 0 aliphatic heterocycles. The number of methoxy groups -OCH3 is 1. The fourth-order valence-corrected chi connectivity index (χ4v) is 1.58. The standard InChI is InChI=1S/C13H21N3O3/c1-3-4-5-11-8-13(18)16(10-15-11)9-12(17)14-6-7-19-2/h8,10H,3-7,9H2,1-2H3,(H,14,17). The first kappa shape index (κ1) is 15.4. The molecule has 0 aliphatic carbocycles. The second-order valence-corrected chi connectivity index (χ2v) is 4.29. The molecular weight excluding hydrogens is 246 g/mol. The van der Waals surface area contributed by atoms with E-state index in [1.165, 1.54) is 17.0 Å². The second kappa shape index (κ2) is 8.42. The molecular formula is C13H21N3O3. The van der Waals surface area contributed by atoms with Gasteiger partial charge in [0.15, 0.2) is 0 Å². The number of hydrogen-bond donors (Lipinski definition) is 1. The smallest absolute Gasteiger partial charge is 0.253 e. The molecule has 0 aliphatic rings. The van der Waals surface area contributed by atoms with Crippen molar-refractivity contribution in [1.29, 1.82) is 0 Å². The Balaban J connectivity index is 2.54. The summed E-state index contributed by atoms with van der Waals surface area (Å²) in [7, 11) is 1.57. The first-order chi connectivity index (χ1) is 9.17. The zero-order valence-electron chi connectivity index (χ0n) is 11.5. The van der Waals surface area contributed by atoms with Gasteiger partial charge in [-0.15, -0.1) is 0 Å². The molecule has 0 saturated carbocycles. The lowest BCUT2D eigenvalue weighted by Gasteiger charge is -2.07. The number of hydrogen-bond acceptors (Lipinski definition) is 4. The SMILES string of the molecule is CCCCc1cc(=O)n(CC(=O)NCCOC)cn1. The number of amides is 1. The molecule has 1 aromatic heterocycles. The molecule has 6 heteroatoms. The van der Waals surface area contributed by atoms with Gasteiger partial charge in [0.05, 0.1) is 12.9 Å². The summed E-state index contributed by atoms with van der Waals surface area (Å²) < 4.78 is 6.13. The molecule has 1 N–H and O–H groups in total. The van der Waals surface area contributed by atoms with Gasteiger partial charge in [0.2, 0.25) is 5.91 Å². The fourth-order valence-electron chi connectivity index (χ4n) is 1.58. The van der Waals surface area contributed by atoms with Gasteiger partial charge in [-0.3, -0.25) is 14.2 Å². The molecule has 106 valence electrons. The third kappa shape index (κ3) is 5.65. The van der Waals surface area contributed by atoms with Gasteiger partial charge in [-0.05, 0) is 12.8 Å². The Hall–Kier alpha value is -1.69. The molecule has 1 rings (SSSR count). The van der Waals surface area contributed by atoms with Crippen molar-refractivity contribution < 1.29 is 9.53 Å². The molecule has 6 nitrogen and oxygen atoms in total. The number of ether oxygens (including phenoxy) is 1. The van der Waals surface area contributed by atoms with Crippen molar-refractivity contribution in [2.45, 2.75) is 32.7 Å². The molecule has 0 radical (unpaired) electrons. The maximum Gasteiger partial charge on any atom is 0.253 e. The van der Waals surface area contributed by atoms with E-state index in [0.717, 1.165) is 25.0 Å². The van der Waals surface area contributed by atoms with Crippen LogP contribution in [0.4, 0.5) is 0 Å². The van der Waals surface area contributed by atoms with E-state index in [-0.39, 0.29) is 18.0 Å². The van der Waals surface area contributed by atoms with Crippen LogP contribution < -0.4 is 10.9 Å². The Labute approximate surface area is 112 Å². The molecule has 1 aromatic rings. The van der Waals surface area contributed by atoms with Gasteiger partial charge in [-0.25, -0.2) is 4.98 Å². The van der Waals surface area contributed by atoms with Crippen LogP contribution in [-0.2, 0) is 22.5 Å². The summed E-state index contributed by atoms with van der Waals surface area (Å²) in [6.45, 7) is 2.97. The van der Waals surface area contributed by atoms with Gasteiger partial charge < -0.3 is 10.1 Å². The molecule has 0 saturated heterocycles. The monoisotopic (exact) mass is 267 g/mol. The average Bonchev–Trinajstić information content (AvgIpc) is 2.39. The minimum atomic E-state index is -0.220. The number of carbonyl (C=O) groups excluding carboxylic acids is 1. The summed E-state index contributed by atoms with van der Waals surface area (Å²) in [5, 5.41) is 2.66. The number of carbonyl (C=O) groups is 1. The van der Waals surface area contributed by atoms with Gasteiger partial charge in [0.25, 0.3) is 5.56 Å². The zero-order valence-corrected chi connectivity index (χ0v) is 11.5. The van der Waals surface area contributed by atoms with Crippen LogP contribution in [0.5, 0.6) is 0 Å². The lowest BCUT2D eigenvalue weighted by Crippen LogP contribution is -2.34. The van der Waals surface area contributed by atoms with E-state index >= 15 is 0 Å². The van der Waals surface area contributed by atoms with Crippen molar-refractivity contribution in [2.75, 3.05) is 20.3 Å². The van der Waals surface area contributed by atoms with Crippen molar-refractivity contribution in [1.82, 2.24) is 14.9 Å². The number of aryl methyl sites for hydroxylation is 1. The molecule has 0 spiro atoms. The van der Waals surface area contributed by atoms with E-state index in [1.54, 1.807) is 7.11 Å². The van der Waals surface area contributed by atoms with Gasteiger partial charge in [0, 0.05) is 25.4 Å². The molecule has 1 amide bonds. The Morgan fingerprint density at radius 1 is 1.53 bits per heavy atom. The van der Waals surface area contributed by atoms with Crippen molar-refractivity contribution in [3.63, 3.8) is 0 Å². The highest BCUT2D eigenvalue weighted by Gasteiger charge is 2.05. The van der Waals surface area contributed by atoms with E-state index in [1.807, 2.05) is 0 Å². The van der Waals surface area contributed by atoms with E-state index in [9.17, 15) is 9.59 Å². The lowest BCUT2D eigenvalue weighted by atomic mass is 10.2. The van der Waals surface area contributed by atoms with Crippen LogP contribution in [-0.4, -0.2) is 35.7 Å². The minimum Gasteiger partial charge on any atom is -0.383 e. The van der Waals surface area contributed by atoms with Crippen molar-refractivity contribution in [3.8, 4) is 0 Å². The van der Waals surface area contributed by atoms with Gasteiger partial charge >= 0.3 is 0 Å². The molecule has 19 heavy (non-hydrogen) atoms.